The first-order valence-corrected chi connectivity index (χ1v) is 16.7. The second-order valence-electron chi connectivity index (χ2n) is 10.5. The third kappa shape index (κ3) is 6.01. The number of nitrogens with zero attached hydrogens (tertiary/aromatic N) is 1. The summed E-state index contributed by atoms with van der Waals surface area (Å²) < 4.78 is 35.0. The van der Waals surface area contributed by atoms with Crippen LogP contribution in [-0.4, -0.2) is 33.2 Å². The number of fused-ring (bicyclic) bond motifs is 1. The molecule has 1 aliphatic rings. The van der Waals surface area contributed by atoms with Crippen molar-refractivity contribution in [3.8, 4) is 17.2 Å². The van der Waals surface area contributed by atoms with E-state index >= 15 is 0 Å². The molecule has 248 valence electrons. The van der Waals surface area contributed by atoms with Crippen LogP contribution in [0.15, 0.2) is 126 Å². The number of benzene rings is 5. The number of sulfonamides is 1. The van der Waals surface area contributed by atoms with Gasteiger partial charge in [-0.3, -0.25) is 14.4 Å². The lowest BCUT2D eigenvalue weighted by Gasteiger charge is -2.28. The molecule has 11 nitrogen and oxygen atoms in total. The molecule has 3 amide bonds. The molecule has 0 bridgehead atoms. The van der Waals surface area contributed by atoms with Crippen molar-refractivity contribution in [2.45, 2.75) is 10.3 Å². The predicted octanol–water partition coefficient (Wildman–Crippen LogP) is 5.86. The highest BCUT2D eigenvalue weighted by atomic mass is 35.5. The summed E-state index contributed by atoms with van der Waals surface area (Å²) in [4.78, 5) is 52.4. The summed E-state index contributed by atoms with van der Waals surface area (Å²) in [5, 5.41) is 0.117. The number of methoxy groups -OCH3 is 1. The molecule has 2 N–H and O–H groups in total. The van der Waals surface area contributed by atoms with Crippen LogP contribution in [0, 0.1) is 0 Å². The van der Waals surface area contributed by atoms with E-state index < -0.39 is 38.1 Å². The maximum Gasteiger partial charge on any atom is 0.284 e. The number of ether oxygens (including phenoxy) is 1. The zero-order valence-electron chi connectivity index (χ0n) is 25.4. The van der Waals surface area contributed by atoms with Crippen molar-refractivity contribution >= 4 is 56.6 Å². The number of carbonyl (C=O) groups excluding carboxylic acids is 3. The quantitative estimate of drug-likeness (QED) is 0.135. The Morgan fingerprint density at radius 1 is 0.735 bits per heavy atom. The van der Waals surface area contributed by atoms with Crippen LogP contribution in [0.25, 0.3) is 0 Å². The number of nitrogens with one attached hydrogen (secondary N) is 2. The molecule has 14 heteroatoms. The van der Waals surface area contributed by atoms with Gasteiger partial charge in [-0.05, 0) is 66.7 Å². The van der Waals surface area contributed by atoms with Crippen LogP contribution in [0.1, 0.15) is 21.5 Å². The fourth-order valence-corrected chi connectivity index (χ4v) is 7.47. The van der Waals surface area contributed by atoms with E-state index in [9.17, 15) is 22.8 Å². The molecule has 6 rings (SSSR count). The molecular formula is C35H25Cl2N3O8S. The molecule has 5 aromatic carbocycles. The van der Waals surface area contributed by atoms with Crippen molar-refractivity contribution in [2.75, 3.05) is 11.4 Å². The van der Waals surface area contributed by atoms with E-state index in [1.165, 1.54) is 49.6 Å². The molecule has 0 fully saturated rings. The summed E-state index contributed by atoms with van der Waals surface area (Å²) in [5.41, 5.74) is 1.96. The van der Waals surface area contributed by atoms with Gasteiger partial charge in [-0.2, -0.15) is 11.0 Å². The highest BCUT2D eigenvalue weighted by Crippen LogP contribution is 2.51. The Morgan fingerprint density at radius 3 is 1.98 bits per heavy atom. The average molecular weight is 719 g/mol. The average Bonchev–Trinajstić information content (AvgIpc) is 3.38. The highest BCUT2D eigenvalue weighted by Gasteiger charge is 2.62. The van der Waals surface area contributed by atoms with Crippen molar-refractivity contribution in [1.82, 2.24) is 11.0 Å². The normalized spacial score (nSPS) is 15.2. The number of hydroxylamine groups is 2. The lowest BCUT2D eigenvalue weighted by atomic mass is 9.74. The standard InChI is InChI=1S/C35H25Cl2N3O8S/c1-46-30-20-22(32(41)38-47-24-10-4-2-5-11-24)16-19-31(30)49(44,45)40-29-18-17-23(36)21-27(29)35(34(40)43,26-14-8-9-15-28(26)37)33(42)39-48-25-12-6-3-7-13-25/h2-21H,1H3,(H,38,41)(H,39,42). The molecule has 0 aromatic heterocycles. The number of hydrogen-bond acceptors (Lipinski definition) is 8. The number of halogens is 2. The molecule has 0 aliphatic carbocycles. The van der Waals surface area contributed by atoms with E-state index in [0.717, 1.165) is 6.07 Å². The van der Waals surface area contributed by atoms with Crippen LogP contribution in [0.4, 0.5) is 5.69 Å². The van der Waals surface area contributed by atoms with Crippen molar-refractivity contribution in [2.24, 2.45) is 0 Å². The molecule has 0 saturated heterocycles. The molecule has 1 heterocycles. The third-order valence-corrected chi connectivity index (χ3v) is 9.96. The third-order valence-electron chi connectivity index (χ3n) is 7.66. The molecule has 1 atom stereocenters. The van der Waals surface area contributed by atoms with E-state index in [-0.39, 0.29) is 43.9 Å². The summed E-state index contributed by atoms with van der Waals surface area (Å²) in [7, 11) is -3.65. The number of rotatable bonds is 10. The number of amides is 3. The van der Waals surface area contributed by atoms with E-state index in [1.54, 1.807) is 72.8 Å². The number of carbonyl (C=O) groups is 3. The molecule has 1 aliphatic heterocycles. The first-order chi connectivity index (χ1) is 23.6. The Hall–Kier alpha value is -5.56. The van der Waals surface area contributed by atoms with Gasteiger partial charge in [-0.15, -0.1) is 0 Å². The second kappa shape index (κ2) is 13.5. The molecule has 0 saturated carbocycles. The fourth-order valence-electron chi connectivity index (χ4n) is 5.41. The predicted molar refractivity (Wildman–Crippen MR) is 181 cm³/mol. The molecule has 1 unspecified atom stereocenters. The summed E-state index contributed by atoms with van der Waals surface area (Å²) in [6.07, 6.45) is 0. The summed E-state index contributed by atoms with van der Waals surface area (Å²) in [5.74, 6) is -2.57. The number of para-hydroxylation sites is 2. The fraction of sp³-hybridized carbons (Fsp3) is 0.0571. The summed E-state index contributed by atoms with van der Waals surface area (Å²) in [6, 6.07) is 30.3. The van der Waals surface area contributed by atoms with Gasteiger partial charge in [-0.25, -0.2) is 12.7 Å². The van der Waals surface area contributed by atoms with Gasteiger partial charge >= 0.3 is 0 Å². The van der Waals surface area contributed by atoms with Gasteiger partial charge in [-0.1, -0.05) is 77.8 Å². The van der Waals surface area contributed by atoms with Crippen molar-refractivity contribution < 1.29 is 37.2 Å². The highest BCUT2D eigenvalue weighted by molar-refractivity contribution is 7.93. The zero-order chi connectivity index (χ0) is 34.8. The van der Waals surface area contributed by atoms with Crippen LogP contribution in [0.3, 0.4) is 0 Å². The van der Waals surface area contributed by atoms with E-state index in [1.807, 2.05) is 0 Å². The lowest BCUT2D eigenvalue weighted by molar-refractivity contribution is -0.137. The van der Waals surface area contributed by atoms with Gasteiger partial charge in [0.05, 0.1) is 12.8 Å². The smallest absolute Gasteiger partial charge is 0.284 e. The Morgan fingerprint density at radius 2 is 1.35 bits per heavy atom. The Labute approximate surface area is 290 Å². The first kappa shape index (κ1) is 33.3. The molecule has 0 radical (unpaired) electrons. The van der Waals surface area contributed by atoms with Crippen molar-refractivity contribution in [3.63, 3.8) is 0 Å². The summed E-state index contributed by atoms with van der Waals surface area (Å²) >= 11 is 13.0. The van der Waals surface area contributed by atoms with Crippen LogP contribution >= 0.6 is 23.2 Å². The Balaban J connectivity index is 1.44. The lowest BCUT2D eigenvalue weighted by Crippen LogP contribution is -2.54. The second-order valence-corrected chi connectivity index (χ2v) is 13.1. The van der Waals surface area contributed by atoms with Gasteiger partial charge in [0.25, 0.3) is 27.7 Å². The SMILES string of the molecule is COc1cc(C(=O)NOc2ccccc2)ccc1S(=O)(=O)N1C(=O)C(C(=O)NOc2ccccc2)(c2ccccc2Cl)c2cc(Cl)ccc21. The van der Waals surface area contributed by atoms with Crippen LogP contribution in [-0.2, 0) is 25.0 Å². The van der Waals surface area contributed by atoms with Gasteiger partial charge in [0.1, 0.15) is 10.6 Å². The molecule has 0 spiro atoms. The van der Waals surface area contributed by atoms with Gasteiger partial charge < -0.3 is 14.4 Å². The van der Waals surface area contributed by atoms with Gasteiger partial charge in [0.15, 0.2) is 16.9 Å². The van der Waals surface area contributed by atoms with E-state index in [4.69, 9.17) is 37.6 Å². The molecule has 49 heavy (non-hydrogen) atoms. The van der Waals surface area contributed by atoms with Crippen molar-refractivity contribution in [1.29, 1.82) is 0 Å². The minimum atomic E-state index is -4.86. The Kier molecular flexibility index (Phi) is 9.20. The largest absolute Gasteiger partial charge is 0.495 e. The maximum atomic E-state index is 14.8. The first-order valence-electron chi connectivity index (χ1n) is 14.5. The number of hydrogen-bond donors (Lipinski definition) is 2. The minimum absolute atomic E-state index is 0.00144. The van der Waals surface area contributed by atoms with Gasteiger partial charge in [0.2, 0.25) is 0 Å². The van der Waals surface area contributed by atoms with E-state index in [2.05, 4.69) is 11.0 Å². The van der Waals surface area contributed by atoms with E-state index in [0.29, 0.717) is 10.1 Å². The Bertz CT molecular complexity index is 2190. The topological polar surface area (TPSA) is 140 Å². The molecular weight excluding hydrogens is 693 g/mol. The minimum Gasteiger partial charge on any atom is -0.495 e. The van der Waals surface area contributed by atoms with Crippen LogP contribution < -0.4 is 29.7 Å². The van der Waals surface area contributed by atoms with Crippen LogP contribution in [0.5, 0.6) is 17.2 Å². The maximum absolute atomic E-state index is 14.8. The number of anilines is 1. The van der Waals surface area contributed by atoms with Gasteiger partial charge in [0, 0.05) is 26.7 Å². The van der Waals surface area contributed by atoms with Crippen LogP contribution in [0.2, 0.25) is 10.0 Å². The summed E-state index contributed by atoms with van der Waals surface area (Å²) in [6.45, 7) is 0. The van der Waals surface area contributed by atoms with Crippen molar-refractivity contribution in [3.05, 3.63) is 148 Å². The molecule has 5 aromatic rings. The zero-order valence-corrected chi connectivity index (χ0v) is 27.8. The monoisotopic (exact) mass is 717 g/mol.